The van der Waals surface area contributed by atoms with E-state index in [1.807, 2.05) is 48.2 Å². The molecule has 2 aliphatic carbocycles. The monoisotopic (exact) mass is 768 g/mol. The van der Waals surface area contributed by atoms with Crippen molar-refractivity contribution in [3.63, 3.8) is 0 Å². The molecule has 3 aromatic rings. The minimum absolute atomic E-state index is 0. The van der Waals surface area contributed by atoms with E-state index < -0.39 is 17.8 Å². The van der Waals surface area contributed by atoms with Crippen molar-refractivity contribution in [1.82, 2.24) is 4.90 Å². The molecule has 51 heavy (non-hydrogen) atoms. The fourth-order valence-electron chi connectivity index (χ4n) is 6.02. The molecule has 2 N–H and O–H groups in total. The van der Waals surface area contributed by atoms with Gasteiger partial charge < -0.3 is 39.5 Å². The molecule has 0 aliphatic heterocycles. The van der Waals surface area contributed by atoms with Gasteiger partial charge >= 0.3 is 29.6 Å². The molecule has 0 heterocycles. The zero-order valence-corrected chi connectivity index (χ0v) is 33.7. The zero-order chi connectivity index (χ0) is 35.8. The number of carboxylic acids is 1. The maximum absolute atomic E-state index is 14.0. The average molecular weight is 770 g/mol. The van der Waals surface area contributed by atoms with Crippen LogP contribution < -0.4 is 54.6 Å². The Morgan fingerprint density at radius 3 is 2.25 bits per heavy atom. The normalized spacial score (nSPS) is 16.9. The first kappa shape index (κ1) is 41.5. The molecule has 3 aromatic carbocycles. The minimum Gasteiger partial charge on any atom is -0.550 e. The second kappa shape index (κ2) is 19.7. The predicted octanol–water partition coefficient (Wildman–Crippen LogP) is 3.07. The van der Waals surface area contributed by atoms with Crippen molar-refractivity contribution in [2.45, 2.75) is 58.0 Å². The van der Waals surface area contributed by atoms with Gasteiger partial charge in [0, 0.05) is 50.7 Å². The van der Waals surface area contributed by atoms with Crippen molar-refractivity contribution in [3.8, 4) is 17.2 Å². The molecule has 2 fully saturated rings. The Hall–Kier alpha value is -2.21. The largest absolute Gasteiger partial charge is 1.00 e. The number of carbonyl (C=O) groups is 2. The molecule has 0 radical (unpaired) electrons. The molecule has 13 heteroatoms. The maximum Gasteiger partial charge on any atom is 1.00 e. The molecular weight excluding hydrogens is 726 g/mol. The minimum atomic E-state index is -1.05. The Balaban J connectivity index is 0.00000583. The Kier molecular flexibility index (Phi) is 16.1. The number of ether oxygens (including phenoxy) is 4. The van der Waals surface area contributed by atoms with E-state index in [0.717, 1.165) is 47.9 Å². The molecule has 3 atom stereocenters. The number of methoxy groups -OCH3 is 1. The van der Waals surface area contributed by atoms with Gasteiger partial charge in [0.15, 0.2) is 5.75 Å². The van der Waals surface area contributed by atoms with E-state index in [9.17, 15) is 14.7 Å². The van der Waals surface area contributed by atoms with Crippen molar-refractivity contribution < 1.29 is 63.2 Å². The molecule has 270 valence electrons. The summed E-state index contributed by atoms with van der Waals surface area (Å²) < 4.78 is 22.9. The molecule has 2 saturated carbocycles. The number of hydrogen-bond donors (Lipinski definition) is 1. The molecule has 2 aliphatic rings. The summed E-state index contributed by atoms with van der Waals surface area (Å²) in [4.78, 5) is 27.2. The summed E-state index contributed by atoms with van der Waals surface area (Å²) in [6.45, 7) is 3.84. The van der Waals surface area contributed by atoms with Crippen LogP contribution in [0.1, 0.15) is 47.9 Å². The molecule has 3 unspecified atom stereocenters. The molecule has 1 amide bonds. The summed E-state index contributed by atoms with van der Waals surface area (Å²) in [6, 6.07) is 15.3. The Morgan fingerprint density at radius 2 is 1.65 bits per heavy atom. The first-order valence-electron chi connectivity index (χ1n) is 17.0. The van der Waals surface area contributed by atoms with Crippen LogP contribution in [0.25, 0.3) is 0 Å². The van der Waals surface area contributed by atoms with Gasteiger partial charge in [0.05, 0.1) is 27.6 Å². The number of nitrogens with two attached hydrogens (primary N) is 1. The van der Waals surface area contributed by atoms with E-state index in [4.69, 9.17) is 59.5 Å². The van der Waals surface area contributed by atoms with Crippen LogP contribution in [0.15, 0.2) is 48.5 Å². The summed E-state index contributed by atoms with van der Waals surface area (Å²) >= 11 is 19.4. The number of benzene rings is 3. The number of carbonyl (C=O) groups excluding carboxylic acids is 2. The van der Waals surface area contributed by atoms with Crippen LogP contribution in [-0.2, 0) is 33.7 Å². The van der Waals surface area contributed by atoms with Gasteiger partial charge in [0.1, 0.15) is 24.7 Å². The second-order valence-electron chi connectivity index (χ2n) is 13.1. The quantitative estimate of drug-likeness (QED) is 0.138. The number of nitrogens with zero attached hydrogens (tertiary/aromatic N) is 1. The number of halogens is 3. The van der Waals surface area contributed by atoms with Crippen molar-refractivity contribution in [3.05, 3.63) is 85.9 Å². The number of hydrogen-bond acceptors (Lipinski definition) is 8. The van der Waals surface area contributed by atoms with Crippen LogP contribution in [0.2, 0.25) is 15.1 Å². The van der Waals surface area contributed by atoms with Crippen molar-refractivity contribution in [2.75, 3.05) is 40.1 Å². The van der Waals surface area contributed by atoms with Crippen molar-refractivity contribution in [1.29, 1.82) is 0 Å². The summed E-state index contributed by atoms with van der Waals surface area (Å²) in [7, 11) is 1.67. The summed E-state index contributed by atoms with van der Waals surface area (Å²) in [5.74, 6) is -0.461. The zero-order valence-electron chi connectivity index (χ0n) is 29.4. The Bertz CT molecular complexity index is 1620. The van der Waals surface area contributed by atoms with Gasteiger partial charge in [-0.3, -0.25) is 4.79 Å². The van der Waals surface area contributed by atoms with E-state index in [1.165, 1.54) is 0 Å². The fraction of sp³-hybridized carbons (Fsp3) is 0.474. The molecule has 0 saturated heterocycles. The number of aryl methyl sites for hydroxylation is 2. The number of carboxylic acid groups (broad SMARTS) is 1. The first-order chi connectivity index (χ1) is 24.1. The predicted molar refractivity (Wildman–Crippen MR) is 192 cm³/mol. The topological polar surface area (TPSA) is 123 Å². The van der Waals surface area contributed by atoms with Crippen LogP contribution in [0.5, 0.6) is 17.2 Å². The third kappa shape index (κ3) is 11.9. The van der Waals surface area contributed by atoms with Crippen LogP contribution >= 0.6 is 34.8 Å². The van der Waals surface area contributed by atoms with Gasteiger partial charge in [-0.1, -0.05) is 53.0 Å². The second-order valence-corrected chi connectivity index (χ2v) is 14.3. The number of amides is 1. The fourth-order valence-corrected chi connectivity index (χ4v) is 6.95. The Morgan fingerprint density at radius 1 is 0.961 bits per heavy atom. The third-order valence-corrected chi connectivity index (χ3v) is 10.0. The Labute approximate surface area is 337 Å². The summed E-state index contributed by atoms with van der Waals surface area (Å²) in [5, 5.41) is 12.6. The molecule has 5 rings (SSSR count). The van der Waals surface area contributed by atoms with E-state index in [-0.39, 0.29) is 67.2 Å². The van der Waals surface area contributed by atoms with E-state index >= 15 is 0 Å². The summed E-state index contributed by atoms with van der Waals surface area (Å²) in [5.41, 5.74) is 9.93. The van der Waals surface area contributed by atoms with Gasteiger partial charge in [0.25, 0.3) is 0 Å². The molecule has 0 spiro atoms. The van der Waals surface area contributed by atoms with Gasteiger partial charge in [-0.2, -0.15) is 0 Å². The van der Waals surface area contributed by atoms with Gasteiger partial charge in [0.2, 0.25) is 5.91 Å². The standard InChI is InChI=1S/C38H45Cl3N2O7.Na/c1-23-14-32(39)36(33(40)15-23)49-13-12-48-30-9-5-24(6-10-30)16-26(20-42)37(44)43(29-7-8-29)21-27-17-25(4-3-11-47-2)18-34(35(27)41)50-22-28-19-31(28)38(45)46;/h5-6,9-10,14-15,17-18,26,28-29,31H,3-4,7-8,11-13,16,19-22,42H2,1-2H3,(H,45,46);/q;+1/p-1. The van der Waals surface area contributed by atoms with Gasteiger partial charge in [-0.05, 0) is 98.0 Å². The van der Waals surface area contributed by atoms with Crippen molar-refractivity contribution >= 4 is 46.7 Å². The van der Waals surface area contributed by atoms with Crippen LogP contribution in [-0.4, -0.2) is 62.9 Å². The van der Waals surface area contributed by atoms with Crippen LogP contribution in [0.3, 0.4) is 0 Å². The maximum atomic E-state index is 14.0. The van der Waals surface area contributed by atoms with Crippen molar-refractivity contribution in [2.24, 2.45) is 23.5 Å². The smallest absolute Gasteiger partial charge is 0.550 e. The molecule has 0 aromatic heterocycles. The van der Waals surface area contributed by atoms with E-state index in [0.29, 0.717) is 64.9 Å². The van der Waals surface area contributed by atoms with Gasteiger partial charge in [-0.25, -0.2) is 0 Å². The van der Waals surface area contributed by atoms with E-state index in [1.54, 1.807) is 19.2 Å². The first-order valence-corrected chi connectivity index (χ1v) is 18.2. The molecule has 9 nitrogen and oxygen atoms in total. The summed E-state index contributed by atoms with van der Waals surface area (Å²) in [6.07, 6.45) is 4.40. The number of rotatable bonds is 20. The number of aliphatic carboxylic acids is 1. The third-order valence-electron chi connectivity index (χ3n) is 9.06. The molecule has 0 bridgehead atoms. The van der Waals surface area contributed by atoms with Crippen LogP contribution in [0.4, 0.5) is 0 Å². The average Bonchev–Trinajstić information content (AvgIpc) is 4.02. The molecular formula is C38H44Cl3N2NaO7. The van der Waals surface area contributed by atoms with E-state index in [2.05, 4.69) is 0 Å². The van der Waals surface area contributed by atoms with Crippen LogP contribution in [0, 0.1) is 24.7 Å². The SMILES string of the molecule is COCCCc1cc(CN(C(=O)C(CN)Cc2ccc(OCCOc3c(Cl)cc(C)cc3Cl)cc2)C2CC2)c(Cl)c(OCC2CC2C(=O)[O-])c1.[Na+]. The van der Waals surface area contributed by atoms with Gasteiger partial charge in [-0.15, -0.1) is 0 Å².